The Hall–Kier alpha value is -0.690. The zero-order valence-electron chi connectivity index (χ0n) is 9.43. The van der Waals surface area contributed by atoms with Crippen molar-refractivity contribution >= 4 is 21.6 Å². The van der Waals surface area contributed by atoms with Crippen LogP contribution in [-0.2, 0) is 10.0 Å². The molecule has 17 heavy (non-hydrogen) atoms. The van der Waals surface area contributed by atoms with E-state index in [0.29, 0.717) is 11.6 Å². The van der Waals surface area contributed by atoms with Gasteiger partial charge in [-0.1, -0.05) is 11.6 Å². The van der Waals surface area contributed by atoms with Gasteiger partial charge in [-0.2, -0.15) is 4.31 Å². The van der Waals surface area contributed by atoms with Crippen LogP contribution in [-0.4, -0.2) is 43.9 Å². The lowest BCUT2D eigenvalue weighted by Crippen LogP contribution is -2.38. The monoisotopic (exact) mass is 275 g/mol. The second-order valence-electron chi connectivity index (χ2n) is 4.01. The summed E-state index contributed by atoms with van der Waals surface area (Å²) in [4.78, 5) is 3.94. The average molecular weight is 276 g/mol. The zero-order valence-corrected chi connectivity index (χ0v) is 11.0. The van der Waals surface area contributed by atoms with Gasteiger partial charge in [-0.05, 0) is 19.0 Å². The lowest BCUT2D eigenvalue weighted by molar-refractivity contribution is 0.387. The Bertz CT molecular complexity index is 500. The molecule has 1 aliphatic rings. The summed E-state index contributed by atoms with van der Waals surface area (Å²) in [6.45, 7) is 1.53. The topological polar surface area (TPSA) is 62.3 Å². The smallest absolute Gasteiger partial charge is 0.244 e. The number of hydrogen-bond acceptors (Lipinski definition) is 4. The lowest BCUT2D eigenvalue weighted by Gasteiger charge is -2.22. The van der Waals surface area contributed by atoms with Crippen molar-refractivity contribution in [3.8, 4) is 0 Å². The van der Waals surface area contributed by atoms with Gasteiger partial charge in [-0.15, -0.1) is 0 Å². The van der Waals surface area contributed by atoms with Crippen LogP contribution in [0.25, 0.3) is 0 Å². The fourth-order valence-electron chi connectivity index (χ4n) is 1.85. The summed E-state index contributed by atoms with van der Waals surface area (Å²) in [6, 6.07) is 1.42. The van der Waals surface area contributed by atoms with Crippen LogP contribution in [0.4, 0.5) is 0 Å². The van der Waals surface area contributed by atoms with Gasteiger partial charge in [0.05, 0.1) is 5.02 Å². The molecule has 0 aromatic carbocycles. The lowest BCUT2D eigenvalue weighted by atomic mass is 10.3. The molecule has 1 aromatic heterocycles. The fourth-order valence-corrected chi connectivity index (χ4v) is 3.46. The standard InChI is InChI=1S/C10H14ClN3O2S/c1-14(9-2-3-12-6-9)17(15,16)10-4-8(11)5-13-7-10/h4-5,7,9,12H,2-3,6H2,1H3. The number of halogens is 1. The molecule has 0 aliphatic carbocycles. The highest BCUT2D eigenvalue weighted by Crippen LogP contribution is 2.20. The van der Waals surface area contributed by atoms with Crippen LogP contribution in [0.2, 0.25) is 5.02 Å². The second-order valence-corrected chi connectivity index (χ2v) is 6.44. The Kier molecular flexibility index (Phi) is 3.67. The molecule has 2 rings (SSSR count). The van der Waals surface area contributed by atoms with E-state index in [0.717, 1.165) is 13.0 Å². The number of nitrogens with zero attached hydrogens (tertiary/aromatic N) is 2. The van der Waals surface area contributed by atoms with Crippen LogP contribution in [0.15, 0.2) is 23.4 Å². The van der Waals surface area contributed by atoms with Crippen LogP contribution < -0.4 is 5.32 Å². The van der Waals surface area contributed by atoms with E-state index in [1.807, 2.05) is 0 Å². The van der Waals surface area contributed by atoms with Crippen LogP contribution >= 0.6 is 11.6 Å². The molecule has 0 spiro atoms. The third-order valence-corrected chi connectivity index (χ3v) is 4.99. The minimum atomic E-state index is -3.50. The summed E-state index contributed by atoms with van der Waals surface area (Å²) in [5, 5.41) is 3.46. The molecule has 5 nitrogen and oxygen atoms in total. The first-order chi connectivity index (χ1) is 8.01. The van der Waals surface area contributed by atoms with Gasteiger partial charge in [0, 0.05) is 32.0 Å². The molecule has 1 aliphatic heterocycles. The van der Waals surface area contributed by atoms with E-state index in [9.17, 15) is 8.42 Å². The normalized spacial score (nSPS) is 21.0. The van der Waals surface area contributed by atoms with Gasteiger partial charge < -0.3 is 5.32 Å². The molecular weight excluding hydrogens is 262 g/mol. The number of likely N-dealkylation sites (N-methyl/N-ethyl adjacent to an activating group) is 1. The van der Waals surface area contributed by atoms with Gasteiger partial charge in [-0.3, -0.25) is 4.98 Å². The first-order valence-corrected chi connectivity index (χ1v) is 7.13. The Morgan fingerprint density at radius 2 is 2.29 bits per heavy atom. The molecule has 1 N–H and O–H groups in total. The predicted octanol–water partition coefficient (Wildman–Crippen LogP) is 0.717. The van der Waals surface area contributed by atoms with Crippen molar-refractivity contribution in [2.45, 2.75) is 17.4 Å². The molecule has 0 saturated carbocycles. The van der Waals surface area contributed by atoms with Crippen molar-refractivity contribution in [3.05, 3.63) is 23.5 Å². The summed E-state index contributed by atoms with van der Waals surface area (Å²) < 4.78 is 25.9. The Morgan fingerprint density at radius 3 is 2.88 bits per heavy atom. The maximum atomic E-state index is 12.3. The predicted molar refractivity (Wildman–Crippen MR) is 65.5 cm³/mol. The zero-order chi connectivity index (χ0) is 12.5. The number of pyridine rings is 1. The first kappa shape index (κ1) is 12.8. The summed E-state index contributed by atoms with van der Waals surface area (Å²) in [7, 11) is -1.91. The van der Waals surface area contributed by atoms with E-state index in [-0.39, 0.29) is 10.9 Å². The van der Waals surface area contributed by atoms with E-state index in [4.69, 9.17) is 11.6 Å². The maximum Gasteiger partial charge on any atom is 0.244 e. The molecule has 1 unspecified atom stereocenters. The van der Waals surface area contributed by atoms with Gasteiger partial charge in [0.15, 0.2) is 0 Å². The van der Waals surface area contributed by atoms with Gasteiger partial charge in [0.25, 0.3) is 0 Å². The maximum absolute atomic E-state index is 12.3. The van der Waals surface area contributed by atoms with Crippen LogP contribution in [0.5, 0.6) is 0 Å². The quantitative estimate of drug-likeness (QED) is 0.883. The molecule has 1 fully saturated rings. The molecule has 2 heterocycles. The number of rotatable bonds is 3. The van der Waals surface area contributed by atoms with E-state index < -0.39 is 10.0 Å². The van der Waals surface area contributed by atoms with E-state index in [1.54, 1.807) is 7.05 Å². The average Bonchev–Trinajstić information content (AvgIpc) is 2.81. The number of aromatic nitrogens is 1. The number of hydrogen-bond donors (Lipinski definition) is 1. The molecule has 1 atom stereocenters. The molecule has 0 radical (unpaired) electrons. The molecular formula is C10H14ClN3O2S. The minimum Gasteiger partial charge on any atom is -0.315 e. The Balaban J connectivity index is 2.29. The Morgan fingerprint density at radius 1 is 1.53 bits per heavy atom. The number of nitrogens with one attached hydrogen (secondary N) is 1. The molecule has 1 aromatic rings. The van der Waals surface area contributed by atoms with Crippen molar-refractivity contribution in [3.63, 3.8) is 0 Å². The van der Waals surface area contributed by atoms with Gasteiger partial charge >= 0.3 is 0 Å². The van der Waals surface area contributed by atoms with Crippen LogP contribution in [0.3, 0.4) is 0 Å². The first-order valence-electron chi connectivity index (χ1n) is 5.31. The minimum absolute atomic E-state index is 0.000943. The SMILES string of the molecule is CN(C1CCNC1)S(=O)(=O)c1cncc(Cl)c1. The molecule has 1 saturated heterocycles. The Labute approximate surface area is 106 Å². The van der Waals surface area contributed by atoms with E-state index in [1.165, 1.54) is 22.8 Å². The highest BCUT2D eigenvalue weighted by Gasteiger charge is 2.30. The van der Waals surface area contributed by atoms with Crippen molar-refractivity contribution in [2.75, 3.05) is 20.1 Å². The molecule has 0 bridgehead atoms. The van der Waals surface area contributed by atoms with Gasteiger partial charge in [-0.25, -0.2) is 8.42 Å². The van der Waals surface area contributed by atoms with Crippen molar-refractivity contribution < 1.29 is 8.42 Å². The summed E-state index contributed by atoms with van der Waals surface area (Å²) in [5.41, 5.74) is 0. The highest BCUT2D eigenvalue weighted by atomic mass is 35.5. The molecule has 7 heteroatoms. The van der Waals surface area contributed by atoms with E-state index in [2.05, 4.69) is 10.3 Å². The molecule has 94 valence electrons. The third-order valence-electron chi connectivity index (χ3n) is 2.91. The highest BCUT2D eigenvalue weighted by molar-refractivity contribution is 7.89. The van der Waals surface area contributed by atoms with E-state index >= 15 is 0 Å². The fraction of sp³-hybridized carbons (Fsp3) is 0.500. The summed E-state index contributed by atoms with van der Waals surface area (Å²) in [5.74, 6) is 0. The van der Waals surface area contributed by atoms with Gasteiger partial charge in [0.2, 0.25) is 10.0 Å². The van der Waals surface area contributed by atoms with Gasteiger partial charge in [0.1, 0.15) is 4.90 Å². The van der Waals surface area contributed by atoms with Crippen LogP contribution in [0.1, 0.15) is 6.42 Å². The van der Waals surface area contributed by atoms with Crippen LogP contribution in [0, 0.1) is 0 Å². The largest absolute Gasteiger partial charge is 0.315 e. The second kappa shape index (κ2) is 4.89. The van der Waals surface area contributed by atoms with Crippen molar-refractivity contribution in [2.24, 2.45) is 0 Å². The summed E-state index contributed by atoms with van der Waals surface area (Å²) >= 11 is 5.76. The van der Waals surface area contributed by atoms with Crippen molar-refractivity contribution in [1.82, 2.24) is 14.6 Å². The summed E-state index contributed by atoms with van der Waals surface area (Å²) in [6.07, 6.45) is 3.56. The molecule has 0 amide bonds. The van der Waals surface area contributed by atoms with Crippen molar-refractivity contribution in [1.29, 1.82) is 0 Å². The third kappa shape index (κ3) is 2.60. The number of sulfonamides is 1.